The topological polar surface area (TPSA) is 8.17 Å². The molecule has 0 bridgehead atoms. The van der Waals surface area contributed by atoms with Crippen molar-refractivity contribution in [3.05, 3.63) is 243 Å². The maximum absolute atomic E-state index is 2.42. The summed E-state index contributed by atoms with van der Waals surface area (Å²) in [4.78, 5) is 2.42. The van der Waals surface area contributed by atoms with Crippen molar-refractivity contribution < 1.29 is 0 Å². The van der Waals surface area contributed by atoms with Crippen molar-refractivity contribution in [2.24, 2.45) is 0 Å². The zero-order chi connectivity index (χ0) is 41.0. The molecule has 11 aromatic carbocycles. The van der Waals surface area contributed by atoms with Gasteiger partial charge in [0.15, 0.2) is 0 Å². The lowest BCUT2D eigenvalue weighted by atomic mass is 9.96. The van der Waals surface area contributed by atoms with Crippen molar-refractivity contribution >= 4 is 71.2 Å². The summed E-state index contributed by atoms with van der Waals surface area (Å²) in [5.41, 5.74) is 13.9. The molecule has 0 atom stereocenters. The minimum Gasteiger partial charge on any atom is -0.310 e. The quantitative estimate of drug-likeness (QED) is 0.146. The van der Waals surface area contributed by atoms with Crippen LogP contribution in [0.3, 0.4) is 0 Å². The molecule has 0 saturated carbocycles. The van der Waals surface area contributed by atoms with Crippen LogP contribution in [0.25, 0.3) is 93.2 Å². The summed E-state index contributed by atoms with van der Waals surface area (Å²) in [7, 11) is 0. The molecule has 2 heteroatoms. The first kappa shape index (κ1) is 35.7. The normalized spacial score (nSPS) is 11.5. The summed E-state index contributed by atoms with van der Waals surface area (Å²) in [6, 6.07) is 88.5. The van der Waals surface area contributed by atoms with Gasteiger partial charge in [-0.05, 0) is 127 Å². The van der Waals surface area contributed by atoms with Gasteiger partial charge in [-0.2, -0.15) is 0 Å². The predicted molar refractivity (Wildman–Crippen MR) is 264 cm³/mol. The number of benzene rings is 11. The summed E-state index contributed by atoms with van der Waals surface area (Å²) in [6.07, 6.45) is 0. The number of rotatable bonds is 7. The lowest BCUT2D eigenvalue weighted by Crippen LogP contribution is -2.11. The van der Waals surface area contributed by atoms with Crippen LogP contribution >= 0.6 is 0 Å². The Balaban J connectivity index is 1.03. The van der Waals surface area contributed by atoms with E-state index in [2.05, 4.69) is 252 Å². The van der Waals surface area contributed by atoms with Crippen LogP contribution in [0.5, 0.6) is 0 Å². The number of nitrogens with zero attached hydrogens (tertiary/aromatic N) is 2. The smallest absolute Gasteiger partial charge is 0.0547 e. The molecule has 12 aromatic rings. The Labute approximate surface area is 360 Å². The monoisotopic (exact) mass is 788 g/mol. The fraction of sp³-hybridized carbons (Fsp3) is 0. The lowest BCUT2D eigenvalue weighted by Gasteiger charge is -2.28. The number of hydrogen-bond donors (Lipinski definition) is 0. The summed E-state index contributed by atoms with van der Waals surface area (Å²) in [5, 5.41) is 10.0. The highest BCUT2D eigenvalue weighted by Gasteiger charge is 2.21. The average molecular weight is 789 g/mol. The van der Waals surface area contributed by atoms with E-state index in [1.165, 1.54) is 81.9 Å². The van der Waals surface area contributed by atoms with E-state index in [0.29, 0.717) is 0 Å². The number of aromatic nitrogens is 1. The van der Waals surface area contributed by atoms with Crippen LogP contribution in [0.15, 0.2) is 243 Å². The molecule has 0 aliphatic rings. The largest absolute Gasteiger partial charge is 0.310 e. The van der Waals surface area contributed by atoms with Crippen LogP contribution in [0.4, 0.5) is 17.1 Å². The third-order valence-electron chi connectivity index (χ3n) is 12.5. The standard InChI is InChI=1S/C60H40N2/c1-3-15-42(16-4-1)54-25-11-12-27-57(54)61(50-34-31-41(32-35-50)46-33-36-53-48(37-46)30-29-43-17-9-10-24-52(43)53)51-23-13-20-47(38-51)55-26-14-28-58-60(55)56-39-44-18-7-8-19-45(44)40-59(56)62(58)49-21-5-2-6-22-49/h1-40H. The van der Waals surface area contributed by atoms with Gasteiger partial charge < -0.3 is 9.47 Å². The molecule has 0 unspecified atom stereocenters. The Morgan fingerprint density at radius 2 is 0.919 bits per heavy atom. The molecule has 62 heavy (non-hydrogen) atoms. The zero-order valence-corrected chi connectivity index (χ0v) is 34.0. The van der Waals surface area contributed by atoms with E-state index in [4.69, 9.17) is 0 Å². The van der Waals surface area contributed by atoms with Gasteiger partial charge in [-0.3, -0.25) is 0 Å². The molecule has 12 rings (SSSR count). The molecule has 0 aliphatic heterocycles. The zero-order valence-electron chi connectivity index (χ0n) is 34.0. The Bertz CT molecular complexity index is 3620. The molecular formula is C60H40N2. The predicted octanol–water partition coefficient (Wildman–Crippen LogP) is 16.7. The molecule has 1 aromatic heterocycles. The Morgan fingerprint density at radius 1 is 0.290 bits per heavy atom. The molecule has 0 fully saturated rings. The summed E-state index contributed by atoms with van der Waals surface area (Å²) >= 11 is 0. The highest BCUT2D eigenvalue weighted by Crippen LogP contribution is 2.45. The van der Waals surface area contributed by atoms with Gasteiger partial charge in [0.2, 0.25) is 0 Å². The Kier molecular flexibility index (Phi) is 8.53. The third-order valence-corrected chi connectivity index (χ3v) is 12.5. The van der Waals surface area contributed by atoms with Crippen LogP contribution in [0.1, 0.15) is 0 Å². The van der Waals surface area contributed by atoms with Crippen molar-refractivity contribution in [3.63, 3.8) is 0 Å². The first-order valence-electron chi connectivity index (χ1n) is 21.3. The molecule has 0 spiro atoms. The van der Waals surface area contributed by atoms with Gasteiger partial charge >= 0.3 is 0 Å². The van der Waals surface area contributed by atoms with Crippen molar-refractivity contribution in [2.45, 2.75) is 0 Å². The Morgan fingerprint density at radius 3 is 1.76 bits per heavy atom. The first-order valence-corrected chi connectivity index (χ1v) is 21.3. The van der Waals surface area contributed by atoms with E-state index in [-0.39, 0.29) is 0 Å². The van der Waals surface area contributed by atoms with Gasteiger partial charge in [0.05, 0.1) is 16.7 Å². The molecular weight excluding hydrogens is 749 g/mol. The van der Waals surface area contributed by atoms with E-state index in [9.17, 15) is 0 Å². The molecule has 0 N–H and O–H groups in total. The van der Waals surface area contributed by atoms with E-state index >= 15 is 0 Å². The third kappa shape index (κ3) is 6.04. The minimum absolute atomic E-state index is 1.09. The van der Waals surface area contributed by atoms with Crippen molar-refractivity contribution in [1.29, 1.82) is 0 Å². The fourth-order valence-corrected chi connectivity index (χ4v) is 9.61. The van der Waals surface area contributed by atoms with Crippen LogP contribution < -0.4 is 4.90 Å². The second-order valence-electron chi connectivity index (χ2n) is 16.1. The van der Waals surface area contributed by atoms with Crippen molar-refractivity contribution in [1.82, 2.24) is 4.57 Å². The Hall–Kier alpha value is -8.20. The number of fused-ring (bicyclic) bond motifs is 7. The van der Waals surface area contributed by atoms with E-state index in [1.54, 1.807) is 0 Å². The van der Waals surface area contributed by atoms with Crippen molar-refractivity contribution in [3.8, 4) is 39.1 Å². The number of hydrogen-bond acceptors (Lipinski definition) is 1. The van der Waals surface area contributed by atoms with E-state index in [0.717, 1.165) is 28.3 Å². The van der Waals surface area contributed by atoms with E-state index in [1.807, 2.05) is 0 Å². The first-order chi connectivity index (χ1) is 30.7. The molecule has 0 aliphatic carbocycles. The van der Waals surface area contributed by atoms with Crippen molar-refractivity contribution in [2.75, 3.05) is 4.90 Å². The molecule has 290 valence electrons. The average Bonchev–Trinajstić information content (AvgIpc) is 3.67. The summed E-state index contributed by atoms with van der Waals surface area (Å²) < 4.78 is 2.42. The molecule has 0 saturated heterocycles. The van der Waals surface area contributed by atoms with Gasteiger partial charge in [0.1, 0.15) is 0 Å². The van der Waals surface area contributed by atoms with Gasteiger partial charge in [0, 0.05) is 33.4 Å². The molecule has 0 amide bonds. The summed E-state index contributed by atoms with van der Waals surface area (Å²) in [6.45, 7) is 0. The highest BCUT2D eigenvalue weighted by molar-refractivity contribution is 6.19. The van der Waals surface area contributed by atoms with Crippen LogP contribution in [0, 0.1) is 0 Å². The minimum atomic E-state index is 1.09. The number of anilines is 3. The van der Waals surface area contributed by atoms with Gasteiger partial charge in [-0.25, -0.2) is 0 Å². The van der Waals surface area contributed by atoms with Gasteiger partial charge in [-0.1, -0.05) is 176 Å². The van der Waals surface area contributed by atoms with E-state index < -0.39 is 0 Å². The fourth-order valence-electron chi connectivity index (χ4n) is 9.61. The second-order valence-corrected chi connectivity index (χ2v) is 16.1. The molecule has 1 heterocycles. The maximum atomic E-state index is 2.42. The molecule has 2 nitrogen and oxygen atoms in total. The summed E-state index contributed by atoms with van der Waals surface area (Å²) in [5.74, 6) is 0. The van der Waals surface area contributed by atoms with Gasteiger partial charge in [-0.15, -0.1) is 0 Å². The second kappa shape index (κ2) is 14.8. The highest BCUT2D eigenvalue weighted by atomic mass is 15.1. The van der Waals surface area contributed by atoms with Crippen LogP contribution in [-0.4, -0.2) is 4.57 Å². The maximum Gasteiger partial charge on any atom is 0.0547 e. The van der Waals surface area contributed by atoms with Crippen LogP contribution in [0.2, 0.25) is 0 Å². The molecule has 0 radical (unpaired) electrons. The van der Waals surface area contributed by atoms with Crippen LogP contribution in [-0.2, 0) is 0 Å². The SMILES string of the molecule is c1ccc(-c2ccccc2N(c2ccc(-c3ccc4c(ccc5ccccc54)c3)cc2)c2cccc(-c3cccc4c3c3cc5ccccc5cc3n4-c3ccccc3)c2)cc1. The van der Waals surface area contributed by atoms with Gasteiger partial charge in [0.25, 0.3) is 0 Å². The lowest BCUT2D eigenvalue weighted by molar-refractivity contribution is 1.18. The number of para-hydroxylation sites is 2.